The van der Waals surface area contributed by atoms with E-state index in [4.69, 9.17) is 9.98 Å². The van der Waals surface area contributed by atoms with Gasteiger partial charge in [-0.1, -0.05) is 196 Å². The quantitative estimate of drug-likeness (QED) is 0.160. The highest BCUT2D eigenvalue weighted by molar-refractivity contribution is 6.18. The molecular weight excluding hydrogens is 837 g/mol. The molecule has 1 aliphatic carbocycles. The Balaban J connectivity index is 0.921. The molecule has 4 heteroatoms. The second-order valence-corrected chi connectivity index (χ2v) is 19.7. The van der Waals surface area contributed by atoms with Crippen LogP contribution in [0.15, 0.2) is 236 Å². The van der Waals surface area contributed by atoms with Crippen molar-refractivity contribution in [3.8, 4) is 22.3 Å². The molecule has 0 bridgehead atoms. The first-order chi connectivity index (χ1) is 33.7. The lowest BCUT2D eigenvalue weighted by atomic mass is 9.67. The first-order valence-corrected chi connectivity index (χ1v) is 24.1. The Morgan fingerprint density at radius 3 is 1.77 bits per heavy atom. The van der Waals surface area contributed by atoms with E-state index < -0.39 is 11.0 Å². The van der Waals surface area contributed by atoms with Gasteiger partial charge in [-0.05, 0) is 117 Å². The second kappa shape index (κ2) is 15.3. The van der Waals surface area contributed by atoms with E-state index in [1.807, 2.05) is 6.20 Å². The van der Waals surface area contributed by atoms with Gasteiger partial charge >= 0.3 is 0 Å². The van der Waals surface area contributed by atoms with Gasteiger partial charge in [0.25, 0.3) is 0 Å². The third-order valence-corrected chi connectivity index (χ3v) is 15.1. The van der Waals surface area contributed by atoms with Gasteiger partial charge in [0.1, 0.15) is 11.4 Å². The summed E-state index contributed by atoms with van der Waals surface area (Å²) in [7, 11) is 0. The fourth-order valence-corrected chi connectivity index (χ4v) is 11.9. The number of anilines is 5. The molecular formula is C65H50N4. The molecule has 2 aliphatic heterocycles. The van der Waals surface area contributed by atoms with Crippen LogP contribution in [0.2, 0.25) is 0 Å². The van der Waals surface area contributed by atoms with Gasteiger partial charge in [0.15, 0.2) is 0 Å². The van der Waals surface area contributed by atoms with Crippen molar-refractivity contribution >= 4 is 45.0 Å². The van der Waals surface area contributed by atoms with Gasteiger partial charge in [0, 0.05) is 33.9 Å². The average molecular weight is 887 g/mol. The summed E-state index contributed by atoms with van der Waals surface area (Å²) < 4.78 is 0. The van der Waals surface area contributed by atoms with Crippen molar-refractivity contribution in [2.75, 3.05) is 9.80 Å². The van der Waals surface area contributed by atoms with E-state index in [-0.39, 0.29) is 5.41 Å². The lowest BCUT2D eigenvalue weighted by Gasteiger charge is -2.46. The molecule has 0 fully saturated rings. The first kappa shape index (κ1) is 40.9. The highest BCUT2D eigenvalue weighted by Gasteiger charge is 2.47. The summed E-state index contributed by atoms with van der Waals surface area (Å²) in [6, 6.07) is 82.6. The summed E-state index contributed by atoms with van der Waals surface area (Å²) in [6.07, 6.45) is 1.96. The molecule has 1 aromatic heterocycles. The van der Waals surface area contributed by atoms with Crippen LogP contribution in [0.4, 0.5) is 28.4 Å². The predicted molar refractivity (Wildman–Crippen MR) is 286 cm³/mol. The summed E-state index contributed by atoms with van der Waals surface area (Å²) >= 11 is 0. The Morgan fingerprint density at radius 1 is 0.449 bits per heavy atom. The van der Waals surface area contributed by atoms with Gasteiger partial charge < -0.3 is 4.90 Å². The summed E-state index contributed by atoms with van der Waals surface area (Å²) in [6.45, 7) is 9.02. The number of para-hydroxylation sites is 1. The van der Waals surface area contributed by atoms with Crippen molar-refractivity contribution in [2.24, 2.45) is 4.99 Å². The number of amidine groups is 1. The smallest absolute Gasteiger partial charge is 0.141 e. The van der Waals surface area contributed by atoms with Crippen LogP contribution in [0.1, 0.15) is 72.3 Å². The maximum atomic E-state index is 5.46. The number of aliphatic imine (C=N–C) groups is 1. The zero-order valence-corrected chi connectivity index (χ0v) is 39.2. The average Bonchev–Trinajstić information content (AvgIpc) is 3.69. The Kier molecular flexibility index (Phi) is 9.10. The van der Waals surface area contributed by atoms with E-state index in [9.17, 15) is 0 Å². The first-order valence-electron chi connectivity index (χ1n) is 24.1. The number of hydrogen-bond acceptors (Lipinski definition) is 4. The molecule has 0 saturated heterocycles. The zero-order valence-electron chi connectivity index (χ0n) is 39.2. The SMILES string of the molecule is CC1(C)N=C(c2ccc(-c3ccc(N(c4ccc5c(c4)C(c4ccccc4)(c4ccccc4)c4ccccc4-5)c4cccc5ccccc45)cc3)cc2)N2c3ccccc3C(C)(C)c3ccnc1c32. The van der Waals surface area contributed by atoms with E-state index >= 15 is 0 Å². The molecule has 4 nitrogen and oxygen atoms in total. The molecule has 0 N–H and O–H groups in total. The highest BCUT2D eigenvalue weighted by Crippen LogP contribution is 2.58. The Hall–Kier alpha value is -8.34. The van der Waals surface area contributed by atoms with Crippen molar-refractivity contribution in [2.45, 2.75) is 44.1 Å². The fourth-order valence-electron chi connectivity index (χ4n) is 11.9. The second-order valence-electron chi connectivity index (χ2n) is 19.7. The molecule has 9 aromatic carbocycles. The Morgan fingerprint density at radius 2 is 1.03 bits per heavy atom. The van der Waals surface area contributed by atoms with Gasteiger partial charge in [-0.25, -0.2) is 0 Å². The summed E-state index contributed by atoms with van der Waals surface area (Å²) in [5.41, 5.74) is 19.0. The maximum Gasteiger partial charge on any atom is 0.141 e. The van der Waals surface area contributed by atoms with E-state index in [1.165, 1.54) is 55.3 Å². The van der Waals surface area contributed by atoms with Crippen LogP contribution in [-0.2, 0) is 16.4 Å². The normalized spacial score (nSPS) is 15.4. The van der Waals surface area contributed by atoms with E-state index in [0.717, 1.165) is 56.7 Å². The van der Waals surface area contributed by atoms with Gasteiger partial charge in [-0.2, -0.15) is 0 Å². The van der Waals surface area contributed by atoms with E-state index in [0.29, 0.717) is 0 Å². The third-order valence-electron chi connectivity index (χ3n) is 15.1. The van der Waals surface area contributed by atoms with Crippen molar-refractivity contribution < 1.29 is 0 Å². The van der Waals surface area contributed by atoms with Crippen LogP contribution < -0.4 is 9.80 Å². The molecule has 0 spiro atoms. The monoisotopic (exact) mass is 886 g/mol. The van der Waals surface area contributed by atoms with Gasteiger partial charge in [0.2, 0.25) is 0 Å². The maximum absolute atomic E-state index is 5.46. The van der Waals surface area contributed by atoms with Crippen molar-refractivity contribution in [1.29, 1.82) is 0 Å². The minimum absolute atomic E-state index is 0.181. The number of fused-ring (bicyclic) bond motifs is 6. The summed E-state index contributed by atoms with van der Waals surface area (Å²) in [5, 5.41) is 2.40. The van der Waals surface area contributed by atoms with Crippen molar-refractivity contribution in [3.63, 3.8) is 0 Å². The number of benzene rings is 9. The molecule has 0 amide bonds. The Labute approximate surface area is 404 Å². The highest BCUT2D eigenvalue weighted by atomic mass is 15.3. The molecule has 0 saturated carbocycles. The van der Waals surface area contributed by atoms with Crippen LogP contribution in [0.25, 0.3) is 33.0 Å². The third kappa shape index (κ3) is 6.08. The van der Waals surface area contributed by atoms with Crippen molar-refractivity contribution in [1.82, 2.24) is 4.98 Å². The van der Waals surface area contributed by atoms with Crippen LogP contribution in [-0.4, -0.2) is 10.8 Å². The number of pyridine rings is 1. The molecule has 0 atom stereocenters. The summed E-state index contributed by atoms with van der Waals surface area (Å²) in [4.78, 5) is 15.2. The molecule has 330 valence electrons. The molecule has 0 radical (unpaired) electrons. The van der Waals surface area contributed by atoms with Crippen LogP contribution >= 0.6 is 0 Å². The number of nitrogens with zero attached hydrogens (tertiary/aromatic N) is 4. The molecule has 69 heavy (non-hydrogen) atoms. The van der Waals surface area contributed by atoms with Crippen LogP contribution in [0, 0.1) is 0 Å². The minimum Gasteiger partial charge on any atom is -0.310 e. The topological polar surface area (TPSA) is 31.7 Å². The molecule has 10 aromatic rings. The number of aromatic nitrogens is 1. The molecule has 3 aliphatic rings. The number of rotatable bonds is 7. The zero-order chi connectivity index (χ0) is 46.5. The van der Waals surface area contributed by atoms with Gasteiger partial charge in [-0.3, -0.25) is 14.9 Å². The van der Waals surface area contributed by atoms with Crippen LogP contribution in [0.3, 0.4) is 0 Å². The van der Waals surface area contributed by atoms with Gasteiger partial charge in [-0.15, -0.1) is 0 Å². The largest absolute Gasteiger partial charge is 0.310 e. The Bertz CT molecular complexity index is 3620. The molecule has 3 heterocycles. The van der Waals surface area contributed by atoms with Gasteiger partial charge in [0.05, 0.1) is 28.2 Å². The minimum atomic E-state index is -0.514. The summed E-state index contributed by atoms with van der Waals surface area (Å²) in [5.74, 6) is 0.943. The fraction of sp³-hybridized carbons (Fsp3) is 0.108. The lowest BCUT2D eigenvalue weighted by Crippen LogP contribution is -2.43. The molecule has 0 unspecified atom stereocenters. The number of hydrogen-bond donors (Lipinski definition) is 0. The van der Waals surface area contributed by atoms with Crippen molar-refractivity contribution in [3.05, 3.63) is 275 Å². The standard InChI is InChI=1S/C65H50N4/c1-63(2)55-27-15-16-28-59(55)69-60-56(63)40-41-66-61(60)64(3,4)67-62(69)46-32-30-43(31-33-46)44-34-36-49(37-35-44)68(58-29-17-19-45-18-11-12-24-51(45)58)50-38-39-53-52-25-13-14-26-54(52)65(57(53)42-50,47-20-7-5-8-21-47)48-22-9-6-10-23-48/h5-42H,1-4H3. The van der Waals surface area contributed by atoms with E-state index in [2.05, 4.69) is 262 Å². The predicted octanol–water partition coefficient (Wildman–Crippen LogP) is 16.2. The van der Waals surface area contributed by atoms with Crippen LogP contribution in [0.5, 0.6) is 0 Å². The van der Waals surface area contributed by atoms with E-state index in [1.54, 1.807) is 0 Å². The molecule has 13 rings (SSSR count). The lowest BCUT2D eigenvalue weighted by molar-refractivity contribution is 0.523.